The average Bonchev–Trinajstić information content (AvgIpc) is 3.24. The fourth-order valence-corrected chi connectivity index (χ4v) is 4.06. The topological polar surface area (TPSA) is 54.4 Å². The quantitative estimate of drug-likeness (QED) is 0.714. The first-order chi connectivity index (χ1) is 13.4. The molecule has 27 heavy (non-hydrogen) atoms. The summed E-state index contributed by atoms with van der Waals surface area (Å²) in [4.78, 5) is 19.4. The predicted molar refractivity (Wildman–Crippen MR) is 106 cm³/mol. The molecule has 1 aromatic carbocycles. The lowest BCUT2D eigenvalue weighted by atomic mass is 10.1. The van der Waals surface area contributed by atoms with E-state index in [4.69, 9.17) is 14.7 Å². The first kappa shape index (κ1) is 16.4. The van der Waals surface area contributed by atoms with E-state index in [-0.39, 0.29) is 6.04 Å². The number of aromatic nitrogens is 3. The normalized spacial score (nSPS) is 20.4. The lowest BCUT2D eigenvalue weighted by Gasteiger charge is -2.33. The molecule has 2 aliphatic heterocycles. The summed E-state index contributed by atoms with van der Waals surface area (Å²) in [6.07, 6.45) is 4.10. The number of anilines is 2. The number of ether oxygens (including phenoxy) is 1. The Balaban J connectivity index is 1.62. The van der Waals surface area contributed by atoms with Crippen molar-refractivity contribution in [2.45, 2.75) is 18.9 Å². The molecule has 5 rings (SSSR count). The molecule has 0 amide bonds. The molecule has 3 aromatic rings. The van der Waals surface area contributed by atoms with Crippen molar-refractivity contribution < 1.29 is 4.74 Å². The SMILES string of the molecule is c1ccc(C2CCCN2c2nc3ccccc3nc2N2CCOCC2)nc1. The largest absolute Gasteiger partial charge is 0.378 e. The highest BCUT2D eigenvalue weighted by Gasteiger charge is 2.32. The van der Waals surface area contributed by atoms with Crippen LogP contribution < -0.4 is 9.80 Å². The maximum atomic E-state index is 5.55. The number of pyridine rings is 1. The van der Waals surface area contributed by atoms with Gasteiger partial charge in [-0.1, -0.05) is 18.2 Å². The number of para-hydroxylation sites is 2. The highest BCUT2D eigenvalue weighted by atomic mass is 16.5. The van der Waals surface area contributed by atoms with Gasteiger partial charge in [-0.3, -0.25) is 4.98 Å². The van der Waals surface area contributed by atoms with Crippen molar-refractivity contribution in [2.75, 3.05) is 42.6 Å². The first-order valence-electron chi connectivity index (χ1n) is 9.67. The number of morpholine rings is 1. The molecular formula is C21H23N5O. The Labute approximate surface area is 158 Å². The van der Waals surface area contributed by atoms with Crippen LogP contribution in [0.3, 0.4) is 0 Å². The summed E-state index contributed by atoms with van der Waals surface area (Å²) in [5.41, 5.74) is 2.99. The molecule has 0 bridgehead atoms. The Kier molecular flexibility index (Phi) is 4.33. The Hall–Kier alpha value is -2.73. The van der Waals surface area contributed by atoms with E-state index in [1.54, 1.807) is 0 Å². The molecule has 6 nitrogen and oxygen atoms in total. The monoisotopic (exact) mass is 361 g/mol. The van der Waals surface area contributed by atoms with E-state index in [2.05, 4.69) is 26.9 Å². The molecule has 0 N–H and O–H groups in total. The van der Waals surface area contributed by atoms with Gasteiger partial charge in [0.05, 0.1) is 36.0 Å². The fraction of sp³-hybridized carbons (Fsp3) is 0.381. The number of benzene rings is 1. The van der Waals surface area contributed by atoms with Gasteiger partial charge in [0.25, 0.3) is 0 Å². The molecule has 6 heteroatoms. The molecule has 2 aliphatic rings. The molecule has 0 radical (unpaired) electrons. The molecule has 1 unspecified atom stereocenters. The number of nitrogens with zero attached hydrogens (tertiary/aromatic N) is 5. The summed E-state index contributed by atoms with van der Waals surface area (Å²) < 4.78 is 5.55. The van der Waals surface area contributed by atoms with Gasteiger partial charge >= 0.3 is 0 Å². The van der Waals surface area contributed by atoms with E-state index in [0.717, 1.165) is 74.1 Å². The van der Waals surface area contributed by atoms with Gasteiger partial charge in [-0.25, -0.2) is 9.97 Å². The molecular weight excluding hydrogens is 338 g/mol. The standard InChI is InChI=1S/C21H23N5O/c1-2-7-17-16(6-1)23-20(25-12-14-27-15-13-25)21(24-17)26-11-5-9-19(26)18-8-3-4-10-22-18/h1-4,6-8,10,19H,5,9,11-15H2. The molecule has 0 aliphatic carbocycles. The minimum atomic E-state index is 0.251. The molecule has 2 fully saturated rings. The number of rotatable bonds is 3. The number of hydrogen-bond donors (Lipinski definition) is 0. The van der Waals surface area contributed by atoms with Crippen molar-refractivity contribution in [3.63, 3.8) is 0 Å². The zero-order valence-corrected chi connectivity index (χ0v) is 15.3. The molecule has 4 heterocycles. The summed E-state index contributed by atoms with van der Waals surface area (Å²) in [7, 11) is 0. The average molecular weight is 361 g/mol. The van der Waals surface area contributed by atoms with E-state index in [0.29, 0.717) is 0 Å². The minimum absolute atomic E-state index is 0.251. The van der Waals surface area contributed by atoms with Crippen LogP contribution in [0.5, 0.6) is 0 Å². The van der Waals surface area contributed by atoms with E-state index in [1.165, 1.54) is 0 Å². The lowest BCUT2D eigenvalue weighted by molar-refractivity contribution is 0.122. The van der Waals surface area contributed by atoms with Gasteiger partial charge in [-0.05, 0) is 37.1 Å². The number of hydrogen-bond acceptors (Lipinski definition) is 6. The van der Waals surface area contributed by atoms with Crippen molar-refractivity contribution in [3.8, 4) is 0 Å². The second-order valence-corrected chi connectivity index (χ2v) is 7.06. The van der Waals surface area contributed by atoms with Crippen LogP contribution in [-0.2, 0) is 4.74 Å². The molecule has 138 valence electrons. The Bertz CT molecular complexity index is 926. The Morgan fingerprint density at radius 3 is 2.33 bits per heavy atom. The first-order valence-corrected chi connectivity index (χ1v) is 9.67. The fourth-order valence-electron chi connectivity index (χ4n) is 4.06. The maximum Gasteiger partial charge on any atom is 0.173 e. The van der Waals surface area contributed by atoms with Crippen molar-refractivity contribution in [1.82, 2.24) is 15.0 Å². The number of fused-ring (bicyclic) bond motifs is 1. The zero-order chi connectivity index (χ0) is 18.1. The molecule has 0 saturated carbocycles. The summed E-state index contributed by atoms with van der Waals surface area (Å²) in [5.74, 6) is 1.95. The third-order valence-electron chi connectivity index (χ3n) is 5.40. The highest BCUT2D eigenvalue weighted by molar-refractivity contribution is 5.81. The van der Waals surface area contributed by atoms with Crippen LogP contribution in [0.15, 0.2) is 48.7 Å². The van der Waals surface area contributed by atoms with Gasteiger partial charge in [0, 0.05) is 25.8 Å². The summed E-state index contributed by atoms with van der Waals surface area (Å²) in [6, 6.07) is 14.5. The van der Waals surface area contributed by atoms with Crippen LogP contribution in [0, 0.1) is 0 Å². The van der Waals surface area contributed by atoms with Gasteiger partial charge in [-0.15, -0.1) is 0 Å². The van der Waals surface area contributed by atoms with Gasteiger partial charge in [-0.2, -0.15) is 0 Å². The third kappa shape index (κ3) is 3.10. The van der Waals surface area contributed by atoms with Crippen molar-refractivity contribution in [3.05, 3.63) is 54.4 Å². The van der Waals surface area contributed by atoms with Gasteiger partial charge < -0.3 is 14.5 Å². The smallest absolute Gasteiger partial charge is 0.173 e. The second kappa shape index (κ2) is 7.12. The van der Waals surface area contributed by atoms with Crippen LogP contribution in [0.2, 0.25) is 0 Å². The summed E-state index contributed by atoms with van der Waals surface area (Å²) in [6.45, 7) is 4.14. The lowest BCUT2D eigenvalue weighted by Crippen LogP contribution is -2.38. The molecule has 2 saturated heterocycles. The summed E-state index contributed by atoms with van der Waals surface area (Å²) in [5, 5.41) is 0. The van der Waals surface area contributed by atoms with Crippen LogP contribution in [-0.4, -0.2) is 47.8 Å². The van der Waals surface area contributed by atoms with Crippen molar-refractivity contribution >= 4 is 22.7 Å². The Morgan fingerprint density at radius 2 is 1.59 bits per heavy atom. The maximum absolute atomic E-state index is 5.55. The van der Waals surface area contributed by atoms with E-state index in [9.17, 15) is 0 Å². The minimum Gasteiger partial charge on any atom is -0.378 e. The zero-order valence-electron chi connectivity index (χ0n) is 15.3. The van der Waals surface area contributed by atoms with Crippen LogP contribution in [0.25, 0.3) is 11.0 Å². The van der Waals surface area contributed by atoms with Gasteiger partial charge in [0.15, 0.2) is 11.6 Å². The van der Waals surface area contributed by atoms with Crippen molar-refractivity contribution in [1.29, 1.82) is 0 Å². The van der Waals surface area contributed by atoms with Crippen LogP contribution >= 0.6 is 0 Å². The van der Waals surface area contributed by atoms with E-state index < -0.39 is 0 Å². The third-order valence-corrected chi connectivity index (χ3v) is 5.40. The van der Waals surface area contributed by atoms with Crippen LogP contribution in [0.4, 0.5) is 11.6 Å². The Morgan fingerprint density at radius 1 is 0.852 bits per heavy atom. The molecule has 0 spiro atoms. The van der Waals surface area contributed by atoms with Crippen LogP contribution in [0.1, 0.15) is 24.6 Å². The molecule has 2 aromatic heterocycles. The second-order valence-electron chi connectivity index (χ2n) is 7.06. The van der Waals surface area contributed by atoms with E-state index >= 15 is 0 Å². The summed E-state index contributed by atoms with van der Waals surface area (Å²) >= 11 is 0. The predicted octanol–water partition coefficient (Wildman–Crippen LogP) is 3.20. The van der Waals surface area contributed by atoms with Gasteiger partial charge in [0.1, 0.15) is 0 Å². The molecule has 1 atom stereocenters. The van der Waals surface area contributed by atoms with E-state index in [1.807, 2.05) is 36.5 Å². The van der Waals surface area contributed by atoms with Crippen molar-refractivity contribution in [2.24, 2.45) is 0 Å². The van der Waals surface area contributed by atoms with Gasteiger partial charge in [0.2, 0.25) is 0 Å². The highest BCUT2D eigenvalue weighted by Crippen LogP contribution is 2.39.